The molecule has 0 aliphatic heterocycles. The predicted molar refractivity (Wildman–Crippen MR) is 39.5 cm³/mol. The molecule has 1 rings (SSSR count). The quantitative estimate of drug-likeness (QED) is 0.654. The highest BCUT2D eigenvalue weighted by Crippen LogP contribution is 2.06. The number of aromatic nitrogens is 1. The summed E-state index contributed by atoms with van der Waals surface area (Å²) in [6.07, 6.45) is 2.45. The van der Waals surface area contributed by atoms with Crippen LogP contribution in [0.4, 0.5) is 0 Å². The van der Waals surface area contributed by atoms with Crippen molar-refractivity contribution in [1.82, 2.24) is 4.98 Å². The summed E-state index contributed by atoms with van der Waals surface area (Å²) in [7, 11) is 0. The Morgan fingerprint density at radius 1 is 1.64 bits per heavy atom. The molecule has 1 radical (unpaired) electrons. The average Bonchev–Trinajstić information content (AvgIpc) is 1.85. The fourth-order valence-electron chi connectivity index (χ4n) is 0.867. The third-order valence-corrected chi connectivity index (χ3v) is 1.38. The zero-order valence-corrected chi connectivity index (χ0v) is 6.38. The van der Waals surface area contributed by atoms with Crippen molar-refractivity contribution in [2.75, 3.05) is 0 Å². The van der Waals surface area contributed by atoms with Crippen molar-refractivity contribution >= 4 is 5.97 Å². The van der Waals surface area contributed by atoms with E-state index in [4.69, 9.17) is 5.11 Å². The van der Waals surface area contributed by atoms with Gasteiger partial charge in [0.1, 0.15) is 6.20 Å². The molecule has 3 nitrogen and oxygen atoms in total. The van der Waals surface area contributed by atoms with Gasteiger partial charge >= 0.3 is 5.97 Å². The highest BCUT2D eigenvalue weighted by Gasteiger charge is 2.06. The summed E-state index contributed by atoms with van der Waals surface area (Å²) in [5.74, 6) is -0.977. The molecule has 0 saturated heterocycles. The van der Waals surface area contributed by atoms with Crippen LogP contribution in [0.3, 0.4) is 0 Å². The van der Waals surface area contributed by atoms with Gasteiger partial charge in [-0.25, -0.2) is 4.79 Å². The molecule has 0 aliphatic rings. The van der Waals surface area contributed by atoms with Crippen LogP contribution in [0.1, 0.15) is 21.6 Å². The van der Waals surface area contributed by atoms with Crippen molar-refractivity contribution in [1.29, 1.82) is 0 Å². The molecule has 0 spiro atoms. The Balaban J connectivity index is 3.20. The molecular formula is C8H8NO2. The standard InChI is InChI=1S/C8H8NO2/c1-5-3-6(2)9-4-7(5)8(10)11/h3H,1-2H3,(H,10,11). The molecule has 0 bridgehead atoms. The van der Waals surface area contributed by atoms with Crippen LogP contribution >= 0.6 is 0 Å². The number of aryl methyl sites for hydroxylation is 2. The molecule has 1 heterocycles. The second-order valence-electron chi connectivity index (χ2n) is 2.37. The SMILES string of the molecule is Cc1cc(C)c(C(=O)O)[c]n1. The first kappa shape index (κ1) is 7.72. The van der Waals surface area contributed by atoms with E-state index in [1.807, 2.05) is 0 Å². The summed E-state index contributed by atoms with van der Waals surface area (Å²) < 4.78 is 0. The minimum Gasteiger partial charge on any atom is -0.478 e. The van der Waals surface area contributed by atoms with E-state index < -0.39 is 5.97 Å². The molecule has 11 heavy (non-hydrogen) atoms. The molecule has 0 unspecified atom stereocenters. The van der Waals surface area contributed by atoms with Crippen LogP contribution in [0.5, 0.6) is 0 Å². The first-order chi connectivity index (χ1) is 5.11. The van der Waals surface area contributed by atoms with E-state index in [0.29, 0.717) is 5.56 Å². The Labute approximate surface area is 64.7 Å². The summed E-state index contributed by atoms with van der Waals surface area (Å²) in [4.78, 5) is 14.2. The Hall–Kier alpha value is -1.38. The van der Waals surface area contributed by atoms with Gasteiger partial charge in [0.05, 0.1) is 5.56 Å². The third kappa shape index (κ3) is 1.55. The molecule has 0 fully saturated rings. The zero-order valence-electron chi connectivity index (χ0n) is 6.38. The molecule has 0 saturated carbocycles. The zero-order chi connectivity index (χ0) is 8.43. The summed E-state index contributed by atoms with van der Waals surface area (Å²) in [5, 5.41) is 8.59. The number of aromatic carboxylic acids is 1. The van der Waals surface area contributed by atoms with Crippen molar-refractivity contribution in [3.8, 4) is 0 Å². The van der Waals surface area contributed by atoms with Gasteiger partial charge in [-0.2, -0.15) is 0 Å². The number of hydrogen-bond acceptors (Lipinski definition) is 2. The smallest absolute Gasteiger partial charge is 0.338 e. The molecule has 0 aliphatic carbocycles. The maximum atomic E-state index is 10.5. The van der Waals surface area contributed by atoms with E-state index in [2.05, 4.69) is 11.2 Å². The highest BCUT2D eigenvalue weighted by molar-refractivity contribution is 5.88. The first-order valence-electron chi connectivity index (χ1n) is 3.20. The van der Waals surface area contributed by atoms with Crippen molar-refractivity contribution in [3.63, 3.8) is 0 Å². The van der Waals surface area contributed by atoms with Crippen molar-refractivity contribution < 1.29 is 9.90 Å². The number of hydrogen-bond donors (Lipinski definition) is 1. The minimum absolute atomic E-state index is 0.149. The van der Waals surface area contributed by atoms with Crippen LogP contribution in [0.2, 0.25) is 0 Å². The number of nitrogens with zero attached hydrogens (tertiary/aromatic N) is 1. The highest BCUT2D eigenvalue weighted by atomic mass is 16.4. The van der Waals surface area contributed by atoms with E-state index in [0.717, 1.165) is 5.69 Å². The van der Waals surface area contributed by atoms with Crippen molar-refractivity contribution in [2.24, 2.45) is 0 Å². The van der Waals surface area contributed by atoms with Crippen molar-refractivity contribution in [2.45, 2.75) is 13.8 Å². The second-order valence-corrected chi connectivity index (χ2v) is 2.37. The van der Waals surface area contributed by atoms with Crippen LogP contribution < -0.4 is 0 Å². The number of carboxylic acid groups (broad SMARTS) is 1. The Morgan fingerprint density at radius 2 is 2.27 bits per heavy atom. The fourth-order valence-corrected chi connectivity index (χ4v) is 0.867. The lowest BCUT2D eigenvalue weighted by molar-refractivity contribution is 0.0695. The summed E-state index contributed by atoms with van der Waals surface area (Å²) >= 11 is 0. The Bertz CT molecular complexity index is 294. The van der Waals surface area contributed by atoms with Gasteiger partial charge in [0.2, 0.25) is 0 Å². The lowest BCUT2D eigenvalue weighted by Crippen LogP contribution is -2.01. The molecule has 1 aromatic rings. The molecule has 57 valence electrons. The first-order valence-corrected chi connectivity index (χ1v) is 3.20. The van der Waals surface area contributed by atoms with E-state index >= 15 is 0 Å². The van der Waals surface area contributed by atoms with Gasteiger partial charge in [-0.05, 0) is 25.5 Å². The van der Waals surface area contributed by atoms with Gasteiger partial charge < -0.3 is 5.11 Å². The molecule has 0 atom stereocenters. The summed E-state index contributed by atoms with van der Waals surface area (Å²) in [6.45, 7) is 3.53. The lowest BCUT2D eigenvalue weighted by atomic mass is 10.1. The van der Waals surface area contributed by atoms with E-state index in [1.165, 1.54) is 0 Å². The predicted octanol–water partition coefficient (Wildman–Crippen LogP) is 1.20. The van der Waals surface area contributed by atoms with Gasteiger partial charge in [0.25, 0.3) is 0 Å². The van der Waals surface area contributed by atoms with E-state index in [1.54, 1.807) is 19.9 Å². The van der Waals surface area contributed by atoms with Crippen LogP contribution in [0.15, 0.2) is 6.07 Å². The van der Waals surface area contributed by atoms with Crippen LogP contribution in [0.25, 0.3) is 0 Å². The second kappa shape index (κ2) is 2.70. The Morgan fingerprint density at radius 3 is 2.73 bits per heavy atom. The monoisotopic (exact) mass is 150 g/mol. The molecule has 0 amide bonds. The van der Waals surface area contributed by atoms with Crippen LogP contribution in [-0.2, 0) is 0 Å². The van der Waals surface area contributed by atoms with E-state index in [-0.39, 0.29) is 5.56 Å². The van der Waals surface area contributed by atoms with Crippen LogP contribution in [-0.4, -0.2) is 16.1 Å². The lowest BCUT2D eigenvalue weighted by Gasteiger charge is -1.98. The maximum Gasteiger partial charge on any atom is 0.338 e. The van der Waals surface area contributed by atoms with Crippen LogP contribution in [0, 0.1) is 20.0 Å². The summed E-state index contributed by atoms with van der Waals surface area (Å²) in [5.41, 5.74) is 1.63. The molecule has 3 heteroatoms. The number of carbonyl (C=O) groups is 1. The van der Waals surface area contributed by atoms with Gasteiger partial charge in [0.15, 0.2) is 0 Å². The minimum atomic E-state index is -0.977. The summed E-state index contributed by atoms with van der Waals surface area (Å²) in [6, 6.07) is 1.72. The third-order valence-electron chi connectivity index (χ3n) is 1.38. The van der Waals surface area contributed by atoms with Gasteiger partial charge in [-0.3, -0.25) is 4.98 Å². The number of rotatable bonds is 1. The van der Waals surface area contributed by atoms with Gasteiger partial charge in [-0.1, -0.05) is 0 Å². The average molecular weight is 150 g/mol. The molecule has 1 aromatic heterocycles. The topological polar surface area (TPSA) is 50.2 Å². The number of pyridine rings is 1. The molecule has 1 N–H and O–H groups in total. The molecule has 0 aromatic carbocycles. The van der Waals surface area contributed by atoms with E-state index in [9.17, 15) is 4.79 Å². The fraction of sp³-hybridized carbons (Fsp3) is 0.250. The van der Waals surface area contributed by atoms with Gasteiger partial charge in [-0.15, -0.1) is 0 Å². The van der Waals surface area contributed by atoms with Crippen molar-refractivity contribution in [3.05, 3.63) is 29.1 Å². The Kier molecular flexibility index (Phi) is 1.89. The van der Waals surface area contributed by atoms with Gasteiger partial charge in [0, 0.05) is 5.69 Å². The molecular weight excluding hydrogens is 142 g/mol. The normalized spacial score (nSPS) is 9.64. The number of carboxylic acids is 1. The maximum absolute atomic E-state index is 10.5. The largest absolute Gasteiger partial charge is 0.478 e.